The Kier molecular flexibility index (Phi) is 3.20. The van der Waals surface area contributed by atoms with Crippen LogP contribution in [0.25, 0.3) is 0 Å². The molecule has 0 saturated heterocycles. The number of ether oxygens (including phenoxy) is 1. The van der Waals surface area contributed by atoms with Crippen molar-refractivity contribution >= 4 is 11.7 Å². The fraction of sp³-hybridized carbons (Fsp3) is 0. The Morgan fingerprint density at radius 3 is 2.24 bits per heavy atom. The molecule has 0 spiro atoms. The zero-order valence-electron chi connectivity index (χ0n) is 8.96. The molecule has 3 N–H and O–H groups in total. The van der Waals surface area contributed by atoms with Crippen molar-refractivity contribution in [1.29, 1.82) is 0 Å². The third-order valence-electron chi connectivity index (χ3n) is 2.01. The first-order valence-corrected chi connectivity index (χ1v) is 4.98. The van der Waals surface area contributed by atoms with Gasteiger partial charge in [-0.25, -0.2) is 4.79 Å². The molecule has 0 aliphatic rings. The van der Waals surface area contributed by atoms with E-state index in [1.54, 1.807) is 48.8 Å². The molecular weight excluding hydrogens is 218 g/mol. The standard InChI is InChI=1S/C12H11N3O2/c13-12(16)15-9-1-3-10(4-2-9)17-11-5-7-14-8-6-11/h1-8H,(H3,13,15,16). The van der Waals surface area contributed by atoms with Gasteiger partial charge in [-0.1, -0.05) is 0 Å². The lowest BCUT2D eigenvalue weighted by Crippen LogP contribution is -2.19. The number of amides is 2. The van der Waals surface area contributed by atoms with E-state index in [2.05, 4.69) is 10.3 Å². The van der Waals surface area contributed by atoms with Crippen molar-refractivity contribution in [2.45, 2.75) is 0 Å². The number of urea groups is 1. The van der Waals surface area contributed by atoms with Crippen LogP contribution in [-0.2, 0) is 0 Å². The molecule has 0 fully saturated rings. The molecule has 5 heteroatoms. The van der Waals surface area contributed by atoms with E-state index in [0.717, 1.165) is 0 Å². The third kappa shape index (κ3) is 3.20. The number of hydrogen-bond acceptors (Lipinski definition) is 3. The third-order valence-corrected chi connectivity index (χ3v) is 2.01. The second-order valence-electron chi connectivity index (χ2n) is 3.30. The first-order chi connectivity index (χ1) is 8.24. The molecule has 0 aliphatic heterocycles. The number of nitrogens with zero attached hydrogens (tertiary/aromatic N) is 1. The molecule has 86 valence electrons. The first kappa shape index (κ1) is 10.9. The second-order valence-corrected chi connectivity index (χ2v) is 3.30. The SMILES string of the molecule is NC(=O)Nc1ccc(Oc2ccncc2)cc1. The summed E-state index contributed by atoms with van der Waals surface area (Å²) in [6.07, 6.45) is 3.30. The van der Waals surface area contributed by atoms with E-state index in [-0.39, 0.29) is 0 Å². The summed E-state index contributed by atoms with van der Waals surface area (Å²) >= 11 is 0. The van der Waals surface area contributed by atoms with Crippen LogP contribution in [0.4, 0.5) is 10.5 Å². The van der Waals surface area contributed by atoms with Crippen LogP contribution in [0.3, 0.4) is 0 Å². The highest BCUT2D eigenvalue weighted by Crippen LogP contribution is 2.21. The fourth-order valence-electron chi connectivity index (χ4n) is 1.29. The van der Waals surface area contributed by atoms with E-state index in [0.29, 0.717) is 17.2 Å². The Labute approximate surface area is 98.2 Å². The Morgan fingerprint density at radius 2 is 1.65 bits per heavy atom. The summed E-state index contributed by atoms with van der Waals surface area (Å²) < 4.78 is 5.55. The number of nitrogens with one attached hydrogen (secondary N) is 1. The van der Waals surface area contributed by atoms with E-state index in [9.17, 15) is 4.79 Å². The van der Waals surface area contributed by atoms with Crippen molar-refractivity contribution in [1.82, 2.24) is 4.98 Å². The Hall–Kier alpha value is -2.56. The maximum Gasteiger partial charge on any atom is 0.316 e. The molecule has 2 amide bonds. The molecule has 17 heavy (non-hydrogen) atoms. The molecular formula is C12H11N3O2. The number of aromatic nitrogens is 1. The average molecular weight is 229 g/mol. The molecule has 5 nitrogen and oxygen atoms in total. The maximum atomic E-state index is 10.6. The van der Waals surface area contributed by atoms with Crippen molar-refractivity contribution in [2.24, 2.45) is 5.73 Å². The van der Waals surface area contributed by atoms with Crippen LogP contribution in [0.1, 0.15) is 0 Å². The number of benzene rings is 1. The zero-order valence-corrected chi connectivity index (χ0v) is 8.96. The monoisotopic (exact) mass is 229 g/mol. The maximum absolute atomic E-state index is 10.6. The minimum Gasteiger partial charge on any atom is -0.457 e. The summed E-state index contributed by atoms with van der Waals surface area (Å²) in [4.78, 5) is 14.5. The molecule has 1 aromatic carbocycles. The highest BCUT2D eigenvalue weighted by atomic mass is 16.5. The van der Waals surface area contributed by atoms with Crippen molar-refractivity contribution in [2.75, 3.05) is 5.32 Å². The minimum atomic E-state index is -0.590. The highest BCUT2D eigenvalue weighted by Gasteiger charge is 1.98. The molecule has 0 unspecified atom stereocenters. The summed E-state index contributed by atoms with van der Waals surface area (Å²) in [6, 6.07) is 9.83. The predicted molar refractivity (Wildman–Crippen MR) is 64.0 cm³/mol. The number of pyridine rings is 1. The van der Waals surface area contributed by atoms with Crippen molar-refractivity contribution in [3.05, 3.63) is 48.8 Å². The van der Waals surface area contributed by atoms with Crippen LogP contribution in [0, 0.1) is 0 Å². The quantitative estimate of drug-likeness (QED) is 0.848. The molecule has 1 heterocycles. The van der Waals surface area contributed by atoms with Gasteiger partial charge in [-0.2, -0.15) is 0 Å². The lowest BCUT2D eigenvalue weighted by Gasteiger charge is -2.06. The number of anilines is 1. The van der Waals surface area contributed by atoms with Crippen LogP contribution in [-0.4, -0.2) is 11.0 Å². The molecule has 1 aromatic heterocycles. The zero-order chi connectivity index (χ0) is 12.1. The molecule has 0 aliphatic carbocycles. The number of rotatable bonds is 3. The normalized spacial score (nSPS) is 9.65. The lowest BCUT2D eigenvalue weighted by molar-refractivity contribution is 0.259. The lowest BCUT2D eigenvalue weighted by atomic mass is 10.3. The summed E-state index contributed by atoms with van der Waals surface area (Å²) in [5, 5.41) is 2.47. The van der Waals surface area contributed by atoms with E-state index < -0.39 is 6.03 Å². The fourth-order valence-corrected chi connectivity index (χ4v) is 1.29. The van der Waals surface area contributed by atoms with Gasteiger partial charge in [0.25, 0.3) is 0 Å². The summed E-state index contributed by atoms with van der Waals surface area (Å²) in [5.74, 6) is 1.38. The van der Waals surface area contributed by atoms with Crippen LogP contribution in [0.5, 0.6) is 11.5 Å². The van der Waals surface area contributed by atoms with Gasteiger partial charge in [0.05, 0.1) is 0 Å². The van der Waals surface area contributed by atoms with E-state index >= 15 is 0 Å². The van der Waals surface area contributed by atoms with Gasteiger partial charge >= 0.3 is 6.03 Å². The van der Waals surface area contributed by atoms with Crippen molar-refractivity contribution in [3.63, 3.8) is 0 Å². The second kappa shape index (κ2) is 4.98. The summed E-state index contributed by atoms with van der Waals surface area (Å²) in [6.45, 7) is 0. The minimum absolute atomic E-state index is 0.590. The number of carbonyl (C=O) groups is 1. The highest BCUT2D eigenvalue weighted by molar-refractivity contribution is 5.87. The van der Waals surface area contributed by atoms with Gasteiger partial charge in [-0.3, -0.25) is 4.98 Å². The Balaban J connectivity index is 2.06. The van der Waals surface area contributed by atoms with E-state index in [4.69, 9.17) is 10.5 Å². The largest absolute Gasteiger partial charge is 0.457 e. The van der Waals surface area contributed by atoms with E-state index in [1.165, 1.54) is 0 Å². The molecule has 0 bridgehead atoms. The number of primary amides is 1. The number of hydrogen-bond donors (Lipinski definition) is 2. The van der Waals surface area contributed by atoms with E-state index in [1.807, 2.05) is 0 Å². The van der Waals surface area contributed by atoms with Crippen LogP contribution in [0.15, 0.2) is 48.8 Å². The van der Waals surface area contributed by atoms with Crippen LogP contribution in [0.2, 0.25) is 0 Å². The van der Waals surface area contributed by atoms with Gasteiger partial charge in [0.15, 0.2) is 0 Å². The molecule has 0 radical (unpaired) electrons. The Morgan fingerprint density at radius 1 is 1.06 bits per heavy atom. The van der Waals surface area contributed by atoms with Crippen LogP contribution < -0.4 is 15.8 Å². The average Bonchev–Trinajstić information content (AvgIpc) is 2.32. The molecule has 0 atom stereocenters. The Bertz CT molecular complexity index is 497. The van der Waals surface area contributed by atoms with Gasteiger partial charge in [0.1, 0.15) is 11.5 Å². The predicted octanol–water partition coefficient (Wildman–Crippen LogP) is 2.36. The van der Waals surface area contributed by atoms with Gasteiger partial charge in [-0.05, 0) is 36.4 Å². The van der Waals surface area contributed by atoms with Crippen LogP contribution >= 0.6 is 0 Å². The van der Waals surface area contributed by atoms with Gasteiger partial charge in [0, 0.05) is 18.1 Å². The first-order valence-electron chi connectivity index (χ1n) is 4.98. The van der Waals surface area contributed by atoms with Gasteiger partial charge in [0.2, 0.25) is 0 Å². The molecule has 2 aromatic rings. The summed E-state index contributed by atoms with van der Waals surface area (Å²) in [7, 11) is 0. The van der Waals surface area contributed by atoms with Gasteiger partial charge < -0.3 is 15.8 Å². The van der Waals surface area contributed by atoms with Gasteiger partial charge in [-0.15, -0.1) is 0 Å². The number of nitrogens with two attached hydrogens (primary N) is 1. The van der Waals surface area contributed by atoms with Crippen molar-refractivity contribution in [3.8, 4) is 11.5 Å². The number of carbonyl (C=O) groups excluding carboxylic acids is 1. The molecule has 2 rings (SSSR count). The molecule has 0 saturated carbocycles. The van der Waals surface area contributed by atoms with Crippen molar-refractivity contribution < 1.29 is 9.53 Å². The summed E-state index contributed by atoms with van der Waals surface area (Å²) in [5.41, 5.74) is 5.62. The topological polar surface area (TPSA) is 77.2 Å². The smallest absolute Gasteiger partial charge is 0.316 e.